The number of benzene rings is 2. The topological polar surface area (TPSA) is 38.9 Å². The third-order valence-corrected chi connectivity index (χ3v) is 3.40. The van der Waals surface area contributed by atoms with E-state index in [4.69, 9.17) is 5.73 Å². The van der Waals surface area contributed by atoms with Crippen LogP contribution in [0, 0.1) is 0 Å². The van der Waals surface area contributed by atoms with Crippen LogP contribution in [0.2, 0.25) is 0 Å². The van der Waals surface area contributed by atoms with E-state index in [2.05, 4.69) is 17.1 Å². The van der Waals surface area contributed by atoms with Gasteiger partial charge in [-0.25, -0.2) is 4.98 Å². The van der Waals surface area contributed by atoms with Crippen molar-refractivity contribution in [1.82, 2.24) is 4.98 Å². The molecule has 0 saturated carbocycles. The van der Waals surface area contributed by atoms with Gasteiger partial charge in [0.1, 0.15) is 5.01 Å². The van der Waals surface area contributed by atoms with Crippen molar-refractivity contribution in [1.29, 1.82) is 0 Å². The molecule has 1 heterocycles. The first kappa shape index (κ1) is 9.36. The molecule has 0 atom stereocenters. The van der Waals surface area contributed by atoms with E-state index in [0.717, 1.165) is 21.6 Å². The molecule has 0 radical (unpaired) electrons. The maximum absolute atomic E-state index is 6.04. The number of rotatable bonds is 1. The zero-order chi connectivity index (χ0) is 11.0. The summed E-state index contributed by atoms with van der Waals surface area (Å²) in [5.41, 5.74) is 7.88. The molecule has 2 nitrogen and oxygen atoms in total. The van der Waals surface area contributed by atoms with Crippen LogP contribution in [-0.2, 0) is 0 Å². The normalized spacial score (nSPS) is 10.8. The van der Waals surface area contributed by atoms with E-state index >= 15 is 0 Å². The minimum atomic E-state index is 0.786. The summed E-state index contributed by atoms with van der Waals surface area (Å²) in [5.74, 6) is 0. The van der Waals surface area contributed by atoms with Gasteiger partial charge in [-0.05, 0) is 16.8 Å². The fraction of sp³-hybridized carbons (Fsp3) is 0. The Morgan fingerprint density at radius 1 is 1.06 bits per heavy atom. The van der Waals surface area contributed by atoms with Crippen molar-refractivity contribution in [3.63, 3.8) is 0 Å². The largest absolute Gasteiger partial charge is 0.398 e. The van der Waals surface area contributed by atoms with Crippen molar-refractivity contribution in [2.45, 2.75) is 0 Å². The molecule has 16 heavy (non-hydrogen) atoms. The third-order valence-electron chi connectivity index (χ3n) is 2.61. The second-order valence-electron chi connectivity index (χ2n) is 3.59. The van der Waals surface area contributed by atoms with Crippen molar-refractivity contribution in [2.24, 2.45) is 0 Å². The molecule has 0 spiro atoms. The Labute approximate surface area is 97.4 Å². The fourth-order valence-electron chi connectivity index (χ4n) is 1.87. The van der Waals surface area contributed by atoms with E-state index < -0.39 is 0 Å². The number of thiazole rings is 1. The monoisotopic (exact) mass is 226 g/mol. The van der Waals surface area contributed by atoms with Crippen molar-refractivity contribution in [2.75, 3.05) is 5.73 Å². The van der Waals surface area contributed by atoms with Crippen LogP contribution in [0.25, 0.3) is 21.3 Å². The number of nitrogens with two attached hydrogens (primary N) is 1. The number of aromatic nitrogens is 1. The Balaban J connectivity index is 2.42. The van der Waals surface area contributed by atoms with Crippen LogP contribution in [0.1, 0.15) is 0 Å². The molecule has 2 N–H and O–H groups in total. The molecule has 78 valence electrons. The SMILES string of the molecule is Nc1ccc2ccccc2c1-c1nccs1. The average Bonchev–Trinajstić information content (AvgIpc) is 2.82. The van der Waals surface area contributed by atoms with E-state index in [1.807, 2.05) is 29.6 Å². The predicted molar refractivity (Wildman–Crippen MR) is 69.5 cm³/mol. The first-order valence-corrected chi connectivity index (χ1v) is 5.91. The summed E-state index contributed by atoms with van der Waals surface area (Å²) < 4.78 is 0. The number of anilines is 1. The van der Waals surface area contributed by atoms with Crippen molar-refractivity contribution < 1.29 is 0 Å². The Kier molecular flexibility index (Phi) is 2.11. The highest BCUT2D eigenvalue weighted by Gasteiger charge is 2.09. The van der Waals surface area contributed by atoms with E-state index in [9.17, 15) is 0 Å². The smallest absolute Gasteiger partial charge is 0.125 e. The second-order valence-corrected chi connectivity index (χ2v) is 4.48. The van der Waals surface area contributed by atoms with E-state index in [0.29, 0.717) is 0 Å². The number of hydrogen-bond acceptors (Lipinski definition) is 3. The molecule has 0 saturated heterocycles. The van der Waals surface area contributed by atoms with Gasteiger partial charge in [0, 0.05) is 22.8 Å². The lowest BCUT2D eigenvalue weighted by Gasteiger charge is -2.07. The highest BCUT2D eigenvalue weighted by Crippen LogP contribution is 2.34. The van der Waals surface area contributed by atoms with E-state index in [-0.39, 0.29) is 0 Å². The number of nitrogens with zero attached hydrogens (tertiary/aromatic N) is 1. The summed E-state index contributed by atoms with van der Waals surface area (Å²) in [6, 6.07) is 12.2. The molecule has 3 rings (SSSR count). The lowest BCUT2D eigenvalue weighted by molar-refractivity contribution is 1.42. The van der Waals surface area contributed by atoms with Crippen molar-refractivity contribution in [3.05, 3.63) is 48.0 Å². The Hall–Kier alpha value is -1.87. The van der Waals surface area contributed by atoms with E-state index in [1.165, 1.54) is 5.39 Å². The molecular formula is C13H10N2S. The average molecular weight is 226 g/mol. The van der Waals surface area contributed by atoms with Gasteiger partial charge in [0.15, 0.2) is 0 Å². The maximum Gasteiger partial charge on any atom is 0.125 e. The molecule has 3 heteroatoms. The summed E-state index contributed by atoms with van der Waals surface area (Å²) in [6.07, 6.45) is 1.81. The van der Waals surface area contributed by atoms with Gasteiger partial charge in [-0.15, -0.1) is 11.3 Å². The number of hydrogen-bond donors (Lipinski definition) is 1. The molecule has 1 aromatic heterocycles. The first-order chi connectivity index (χ1) is 7.86. The summed E-state index contributed by atoms with van der Waals surface area (Å²) in [6.45, 7) is 0. The summed E-state index contributed by atoms with van der Waals surface area (Å²) in [4.78, 5) is 4.34. The Morgan fingerprint density at radius 3 is 2.75 bits per heavy atom. The van der Waals surface area contributed by atoms with Gasteiger partial charge < -0.3 is 5.73 Å². The summed E-state index contributed by atoms with van der Waals surface area (Å²) in [5, 5.41) is 5.31. The Bertz CT molecular complexity index is 629. The molecule has 0 fully saturated rings. The highest BCUT2D eigenvalue weighted by molar-refractivity contribution is 7.13. The highest BCUT2D eigenvalue weighted by atomic mass is 32.1. The van der Waals surface area contributed by atoms with Crippen LogP contribution in [-0.4, -0.2) is 4.98 Å². The van der Waals surface area contributed by atoms with Crippen LogP contribution in [0.5, 0.6) is 0 Å². The van der Waals surface area contributed by atoms with Gasteiger partial charge in [0.05, 0.1) is 0 Å². The quantitative estimate of drug-likeness (QED) is 0.644. The second kappa shape index (κ2) is 3.61. The van der Waals surface area contributed by atoms with Crippen LogP contribution in [0.4, 0.5) is 5.69 Å². The fourth-order valence-corrected chi connectivity index (χ4v) is 2.59. The van der Waals surface area contributed by atoms with Crippen LogP contribution >= 0.6 is 11.3 Å². The molecule has 0 amide bonds. The van der Waals surface area contributed by atoms with Gasteiger partial charge in [-0.3, -0.25) is 0 Å². The molecule has 2 aromatic carbocycles. The number of nitrogen functional groups attached to an aromatic ring is 1. The van der Waals surface area contributed by atoms with Crippen molar-refractivity contribution >= 4 is 27.8 Å². The lowest BCUT2D eigenvalue weighted by atomic mass is 10.0. The third kappa shape index (κ3) is 1.37. The lowest BCUT2D eigenvalue weighted by Crippen LogP contribution is -1.90. The minimum Gasteiger partial charge on any atom is -0.398 e. The molecule has 0 aliphatic carbocycles. The molecule has 0 bridgehead atoms. The molecule has 3 aromatic rings. The van der Waals surface area contributed by atoms with Gasteiger partial charge >= 0.3 is 0 Å². The maximum atomic E-state index is 6.04. The first-order valence-electron chi connectivity index (χ1n) is 5.03. The van der Waals surface area contributed by atoms with Crippen molar-refractivity contribution in [3.8, 4) is 10.6 Å². The predicted octanol–water partition coefficient (Wildman–Crippen LogP) is 3.55. The van der Waals surface area contributed by atoms with Crippen LogP contribution < -0.4 is 5.73 Å². The molecule has 0 unspecified atom stereocenters. The Morgan fingerprint density at radius 2 is 1.94 bits per heavy atom. The van der Waals surface area contributed by atoms with Gasteiger partial charge in [-0.1, -0.05) is 30.3 Å². The van der Waals surface area contributed by atoms with Crippen LogP contribution in [0.3, 0.4) is 0 Å². The standard InChI is InChI=1S/C13H10N2S/c14-11-6-5-9-3-1-2-4-10(9)12(11)13-15-7-8-16-13/h1-8H,14H2. The van der Waals surface area contributed by atoms with Gasteiger partial charge in [0.2, 0.25) is 0 Å². The summed E-state index contributed by atoms with van der Waals surface area (Å²) >= 11 is 1.61. The minimum absolute atomic E-state index is 0.786. The number of fused-ring (bicyclic) bond motifs is 1. The summed E-state index contributed by atoms with van der Waals surface area (Å²) in [7, 11) is 0. The van der Waals surface area contributed by atoms with Gasteiger partial charge in [-0.2, -0.15) is 0 Å². The van der Waals surface area contributed by atoms with E-state index in [1.54, 1.807) is 17.5 Å². The molecule has 0 aliphatic heterocycles. The molecule has 0 aliphatic rings. The van der Waals surface area contributed by atoms with Gasteiger partial charge in [0.25, 0.3) is 0 Å². The molecular weight excluding hydrogens is 216 g/mol. The van der Waals surface area contributed by atoms with Crippen LogP contribution in [0.15, 0.2) is 48.0 Å². The zero-order valence-corrected chi connectivity index (χ0v) is 9.37. The zero-order valence-electron chi connectivity index (χ0n) is 8.55.